The minimum atomic E-state index is -0.754. The Labute approximate surface area is 102 Å². The molecule has 1 amide bonds. The highest BCUT2D eigenvalue weighted by atomic mass is 16.4. The molecule has 0 aromatic rings. The number of rotatable bonds is 7. The topological polar surface area (TPSA) is 78.4 Å². The van der Waals surface area contributed by atoms with Crippen molar-refractivity contribution in [3.63, 3.8) is 0 Å². The van der Waals surface area contributed by atoms with Crippen LogP contribution in [0.25, 0.3) is 0 Å². The summed E-state index contributed by atoms with van der Waals surface area (Å²) >= 11 is 0. The van der Waals surface area contributed by atoms with Gasteiger partial charge in [0.25, 0.3) is 0 Å². The number of aliphatic carboxylic acids is 1. The summed E-state index contributed by atoms with van der Waals surface area (Å²) in [4.78, 5) is 22.0. The van der Waals surface area contributed by atoms with Crippen molar-refractivity contribution in [2.75, 3.05) is 13.1 Å². The lowest BCUT2D eigenvalue weighted by molar-refractivity contribution is -0.137. The third-order valence-corrected chi connectivity index (χ3v) is 3.16. The molecule has 1 fully saturated rings. The predicted molar refractivity (Wildman–Crippen MR) is 64.7 cm³/mol. The number of carboxylic acid groups (broad SMARTS) is 1. The van der Waals surface area contributed by atoms with Crippen molar-refractivity contribution >= 4 is 11.9 Å². The summed E-state index contributed by atoms with van der Waals surface area (Å²) in [6, 6.07) is -0.0238. The van der Waals surface area contributed by atoms with Gasteiger partial charge in [0.2, 0.25) is 5.91 Å². The zero-order valence-electron chi connectivity index (χ0n) is 10.4. The Morgan fingerprint density at radius 3 is 2.82 bits per heavy atom. The first-order valence-electron chi connectivity index (χ1n) is 6.32. The Balaban J connectivity index is 2.06. The Bertz CT molecular complexity index is 262. The van der Waals surface area contributed by atoms with Crippen molar-refractivity contribution < 1.29 is 14.7 Å². The molecule has 1 saturated heterocycles. The number of hydrogen-bond acceptors (Lipinski definition) is 3. The Hall–Kier alpha value is -1.10. The molecule has 1 aliphatic heterocycles. The number of carbonyl (C=O) groups excluding carboxylic acids is 1. The van der Waals surface area contributed by atoms with Gasteiger partial charge in [-0.1, -0.05) is 6.92 Å². The molecule has 0 bridgehead atoms. The van der Waals surface area contributed by atoms with E-state index in [0.717, 1.165) is 25.8 Å². The smallest absolute Gasteiger partial charge is 0.303 e. The van der Waals surface area contributed by atoms with Gasteiger partial charge in [-0.25, -0.2) is 0 Å². The van der Waals surface area contributed by atoms with Crippen LogP contribution in [-0.4, -0.2) is 36.1 Å². The third kappa shape index (κ3) is 5.68. The van der Waals surface area contributed by atoms with E-state index in [2.05, 4.69) is 10.6 Å². The van der Waals surface area contributed by atoms with Gasteiger partial charge in [-0.05, 0) is 38.1 Å². The summed E-state index contributed by atoms with van der Waals surface area (Å²) < 4.78 is 0. The minimum absolute atomic E-state index is 0.0238. The van der Waals surface area contributed by atoms with Crippen LogP contribution in [0.2, 0.25) is 0 Å². The average Bonchev–Trinajstić information content (AvgIpc) is 2.79. The van der Waals surface area contributed by atoms with Gasteiger partial charge in [-0.3, -0.25) is 9.59 Å². The summed E-state index contributed by atoms with van der Waals surface area (Å²) in [5.41, 5.74) is 0. The summed E-state index contributed by atoms with van der Waals surface area (Å²) in [6.45, 7) is 3.58. The van der Waals surface area contributed by atoms with E-state index < -0.39 is 5.97 Å². The van der Waals surface area contributed by atoms with Gasteiger partial charge in [0, 0.05) is 13.0 Å². The van der Waals surface area contributed by atoms with Crippen LogP contribution in [0.1, 0.15) is 39.0 Å². The van der Waals surface area contributed by atoms with Crippen LogP contribution in [-0.2, 0) is 9.59 Å². The number of carbonyl (C=O) groups is 2. The van der Waals surface area contributed by atoms with Crippen molar-refractivity contribution in [3.8, 4) is 0 Å². The van der Waals surface area contributed by atoms with Crippen molar-refractivity contribution in [2.45, 2.75) is 45.1 Å². The fourth-order valence-corrected chi connectivity index (χ4v) is 1.99. The maximum Gasteiger partial charge on any atom is 0.303 e. The fourth-order valence-electron chi connectivity index (χ4n) is 1.99. The number of hydrogen-bond donors (Lipinski definition) is 3. The van der Waals surface area contributed by atoms with E-state index in [4.69, 9.17) is 5.11 Å². The molecule has 0 aromatic carbocycles. The lowest BCUT2D eigenvalue weighted by Crippen LogP contribution is -2.41. The first-order chi connectivity index (χ1) is 8.09. The maximum atomic E-state index is 11.6. The molecule has 3 N–H and O–H groups in total. The van der Waals surface area contributed by atoms with E-state index in [9.17, 15) is 9.59 Å². The fraction of sp³-hybridized carbons (Fsp3) is 0.833. The van der Waals surface area contributed by atoms with Gasteiger partial charge in [0.1, 0.15) is 0 Å². The van der Waals surface area contributed by atoms with Gasteiger partial charge in [-0.15, -0.1) is 0 Å². The molecule has 2 unspecified atom stereocenters. The number of nitrogens with one attached hydrogen (secondary N) is 2. The lowest BCUT2D eigenvalue weighted by atomic mass is 10.0. The van der Waals surface area contributed by atoms with Crippen molar-refractivity contribution in [1.29, 1.82) is 0 Å². The molecular formula is C12H22N2O3. The van der Waals surface area contributed by atoms with Gasteiger partial charge in [0.05, 0.1) is 6.04 Å². The second-order valence-corrected chi connectivity index (χ2v) is 4.77. The first kappa shape index (κ1) is 14.0. The van der Waals surface area contributed by atoms with Crippen LogP contribution in [0.3, 0.4) is 0 Å². The van der Waals surface area contributed by atoms with E-state index in [-0.39, 0.29) is 18.4 Å². The second kappa shape index (κ2) is 7.27. The Morgan fingerprint density at radius 1 is 1.47 bits per heavy atom. The van der Waals surface area contributed by atoms with Gasteiger partial charge in [0.15, 0.2) is 0 Å². The molecule has 1 heterocycles. The molecule has 98 valence electrons. The largest absolute Gasteiger partial charge is 0.481 e. The molecular weight excluding hydrogens is 220 g/mol. The highest BCUT2D eigenvalue weighted by Gasteiger charge is 2.21. The summed E-state index contributed by atoms with van der Waals surface area (Å²) in [5.74, 6) is -0.341. The Kier molecular flexibility index (Phi) is 5.97. The van der Waals surface area contributed by atoms with E-state index in [1.807, 2.05) is 6.92 Å². The van der Waals surface area contributed by atoms with Crippen molar-refractivity contribution in [2.24, 2.45) is 5.92 Å². The standard InChI is InChI=1S/C12H22N2O3/c1-9(4-5-11(15)16)6-8-14-12(17)10-3-2-7-13-10/h9-10,13H,2-8H2,1H3,(H,14,17)(H,15,16). The van der Waals surface area contributed by atoms with Crippen molar-refractivity contribution in [3.05, 3.63) is 0 Å². The van der Waals surface area contributed by atoms with E-state index in [0.29, 0.717) is 18.9 Å². The number of amides is 1. The van der Waals surface area contributed by atoms with Crippen LogP contribution in [0, 0.1) is 5.92 Å². The minimum Gasteiger partial charge on any atom is -0.481 e. The molecule has 5 nitrogen and oxygen atoms in total. The van der Waals surface area contributed by atoms with Crippen LogP contribution >= 0.6 is 0 Å². The van der Waals surface area contributed by atoms with Crippen molar-refractivity contribution in [1.82, 2.24) is 10.6 Å². The number of carboxylic acids is 1. The van der Waals surface area contributed by atoms with Crippen LogP contribution in [0.4, 0.5) is 0 Å². The quantitative estimate of drug-likeness (QED) is 0.615. The molecule has 0 aromatic heterocycles. The van der Waals surface area contributed by atoms with Gasteiger partial charge in [-0.2, -0.15) is 0 Å². The molecule has 17 heavy (non-hydrogen) atoms. The highest BCUT2D eigenvalue weighted by molar-refractivity contribution is 5.81. The zero-order valence-corrected chi connectivity index (χ0v) is 10.4. The second-order valence-electron chi connectivity index (χ2n) is 4.77. The molecule has 0 aliphatic carbocycles. The summed E-state index contributed by atoms with van der Waals surface area (Å²) in [7, 11) is 0. The van der Waals surface area contributed by atoms with Gasteiger partial charge < -0.3 is 15.7 Å². The lowest BCUT2D eigenvalue weighted by Gasteiger charge is -2.13. The average molecular weight is 242 g/mol. The summed E-state index contributed by atoms with van der Waals surface area (Å²) in [6.07, 6.45) is 3.70. The SMILES string of the molecule is CC(CCNC(=O)C1CCCN1)CCC(=O)O. The predicted octanol–water partition coefficient (Wildman–Crippen LogP) is 0.746. The van der Waals surface area contributed by atoms with E-state index >= 15 is 0 Å². The normalized spacial score (nSPS) is 21.1. The molecule has 2 atom stereocenters. The van der Waals surface area contributed by atoms with Crippen LogP contribution in [0.5, 0.6) is 0 Å². The first-order valence-corrected chi connectivity index (χ1v) is 6.32. The zero-order chi connectivity index (χ0) is 12.7. The molecule has 0 spiro atoms. The summed E-state index contributed by atoms with van der Waals surface area (Å²) in [5, 5.41) is 14.6. The molecule has 1 rings (SSSR count). The molecule has 1 aliphatic rings. The highest BCUT2D eigenvalue weighted by Crippen LogP contribution is 2.09. The van der Waals surface area contributed by atoms with E-state index in [1.54, 1.807) is 0 Å². The van der Waals surface area contributed by atoms with Crippen LogP contribution in [0.15, 0.2) is 0 Å². The van der Waals surface area contributed by atoms with Gasteiger partial charge >= 0.3 is 5.97 Å². The molecule has 5 heteroatoms. The third-order valence-electron chi connectivity index (χ3n) is 3.16. The molecule has 0 saturated carbocycles. The molecule has 0 radical (unpaired) electrons. The maximum absolute atomic E-state index is 11.6. The van der Waals surface area contributed by atoms with Crippen LogP contribution < -0.4 is 10.6 Å². The Morgan fingerprint density at radius 2 is 2.24 bits per heavy atom. The van der Waals surface area contributed by atoms with E-state index in [1.165, 1.54) is 0 Å². The monoisotopic (exact) mass is 242 g/mol.